The lowest BCUT2D eigenvalue weighted by molar-refractivity contribution is 0.0894. The zero-order chi connectivity index (χ0) is 13.1. The Morgan fingerprint density at radius 3 is 2.78 bits per heavy atom. The van der Waals surface area contributed by atoms with E-state index in [0.29, 0.717) is 17.3 Å². The first-order chi connectivity index (χ1) is 8.56. The summed E-state index contributed by atoms with van der Waals surface area (Å²) in [6, 6.07) is 3.64. The molecule has 18 heavy (non-hydrogen) atoms. The van der Waals surface area contributed by atoms with Crippen molar-refractivity contribution in [3.8, 4) is 0 Å². The number of anilines is 1. The quantitative estimate of drug-likeness (QED) is 0.842. The molecule has 3 unspecified atom stereocenters. The molecular weight excluding hydrogens is 226 g/mol. The molecule has 0 saturated heterocycles. The highest BCUT2D eigenvalue weighted by Crippen LogP contribution is 2.28. The van der Waals surface area contributed by atoms with Crippen LogP contribution in [-0.2, 0) is 0 Å². The molecule has 1 aromatic heterocycles. The second-order valence-corrected chi connectivity index (χ2v) is 5.45. The van der Waals surface area contributed by atoms with E-state index in [1.807, 2.05) is 0 Å². The minimum absolute atomic E-state index is 0.0959. The minimum atomic E-state index is -0.0959. The summed E-state index contributed by atoms with van der Waals surface area (Å²) in [4.78, 5) is 16.1. The van der Waals surface area contributed by atoms with Crippen LogP contribution in [-0.4, -0.2) is 16.9 Å². The van der Waals surface area contributed by atoms with Crippen molar-refractivity contribution in [2.75, 3.05) is 5.73 Å². The zero-order valence-electron chi connectivity index (χ0n) is 11.0. The molecule has 1 saturated carbocycles. The number of hydrogen-bond donors (Lipinski definition) is 2. The number of rotatable bonds is 2. The van der Waals surface area contributed by atoms with Gasteiger partial charge in [0.15, 0.2) is 0 Å². The first-order valence-electron chi connectivity index (χ1n) is 6.58. The van der Waals surface area contributed by atoms with Gasteiger partial charge in [0.25, 0.3) is 5.91 Å². The molecule has 3 atom stereocenters. The topological polar surface area (TPSA) is 68.0 Å². The van der Waals surface area contributed by atoms with E-state index in [4.69, 9.17) is 5.73 Å². The van der Waals surface area contributed by atoms with Crippen molar-refractivity contribution < 1.29 is 4.79 Å². The van der Waals surface area contributed by atoms with Crippen LogP contribution in [0.2, 0.25) is 0 Å². The molecule has 0 bridgehead atoms. The summed E-state index contributed by atoms with van der Waals surface area (Å²) in [5.41, 5.74) is 6.57. The zero-order valence-corrected chi connectivity index (χ0v) is 11.0. The standard InChI is InChI=1S/C14H21N3O/c1-9-3-5-12(10(2)7-9)17-14(18)13-6-4-11(15)8-16-13/h4,6,8-10,12H,3,5,7,15H2,1-2H3,(H,17,18). The number of pyridine rings is 1. The molecule has 3 N–H and O–H groups in total. The van der Waals surface area contributed by atoms with Crippen LogP contribution < -0.4 is 11.1 Å². The Kier molecular flexibility index (Phi) is 3.84. The molecule has 1 aromatic rings. The lowest BCUT2D eigenvalue weighted by Crippen LogP contribution is -2.42. The number of aromatic nitrogens is 1. The third-order valence-corrected chi connectivity index (χ3v) is 3.77. The van der Waals surface area contributed by atoms with Gasteiger partial charge >= 0.3 is 0 Å². The number of nitrogens with one attached hydrogen (secondary N) is 1. The number of nitrogens with two attached hydrogens (primary N) is 1. The van der Waals surface area contributed by atoms with Gasteiger partial charge in [-0.1, -0.05) is 13.8 Å². The van der Waals surface area contributed by atoms with Crippen LogP contribution in [0.25, 0.3) is 0 Å². The predicted molar refractivity (Wildman–Crippen MR) is 72.1 cm³/mol. The average molecular weight is 247 g/mol. The van der Waals surface area contributed by atoms with E-state index in [-0.39, 0.29) is 11.9 Å². The van der Waals surface area contributed by atoms with Gasteiger partial charge in [-0.2, -0.15) is 0 Å². The van der Waals surface area contributed by atoms with Crippen LogP contribution in [0.15, 0.2) is 18.3 Å². The number of carbonyl (C=O) groups is 1. The first-order valence-corrected chi connectivity index (χ1v) is 6.58. The maximum absolute atomic E-state index is 12.0. The molecule has 1 aliphatic carbocycles. The number of hydrogen-bond acceptors (Lipinski definition) is 3. The van der Waals surface area contributed by atoms with Crippen molar-refractivity contribution in [3.05, 3.63) is 24.0 Å². The molecule has 1 aliphatic rings. The van der Waals surface area contributed by atoms with Crippen molar-refractivity contribution in [2.45, 2.75) is 39.2 Å². The molecule has 0 aliphatic heterocycles. The van der Waals surface area contributed by atoms with Gasteiger partial charge in [0.2, 0.25) is 0 Å². The van der Waals surface area contributed by atoms with E-state index in [9.17, 15) is 4.79 Å². The first kappa shape index (κ1) is 12.9. The molecule has 98 valence electrons. The van der Waals surface area contributed by atoms with Crippen molar-refractivity contribution >= 4 is 11.6 Å². The van der Waals surface area contributed by atoms with Crippen LogP contribution in [0.3, 0.4) is 0 Å². The van der Waals surface area contributed by atoms with Crippen molar-refractivity contribution in [2.24, 2.45) is 11.8 Å². The van der Waals surface area contributed by atoms with Crippen LogP contribution in [0.5, 0.6) is 0 Å². The Morgan fingerprint density at radius 1 is 1.39 bits per heavy atom. The summed E-state index contributed by atoms with van der Waals surface area (Å²) in [5, 5.41) is 3.08. The van der Waals surface area contributed by atoms with Crippen LogP contribution in [0.4, 0.5) is 5.69 Å². The van der Waals surface area contributed by atoms with Crippen molar-refractivity contribution in [1.29, 1.82) is 0 Å². The van der Waals surface area contributed by atoms with E-state index >= 15 is 0 Å². The number of nitrogen functional groups attached to an aromatic ring is 1. The normalized spacial score (nSPS) is 27.8. The summed E-state index contributed by atoms with van der Waals surface area (Å²) in [6.45, 7) is 4.48. The molecule has 0 aromatic carbocycles. The highest BCUT2D eigenvalue weighted by Gasteiger charge is 2.26. The van der Waals surface area contributed by atoms with E-state index in [1.54, 1.807) is 12.1 Å². The van der Waals surface area contributed by atoms with Gasteiger partial charge in [-0.3, -0.25) is 4.79 Å². The summed E-state index contributed by atoms with van der Waals surface area (Å²) in [5.74, 6) is 1.20. The van der Waals surface area contributed by atoms with Crippen molar-refractivity contribution in [3.63, 3.8) is 0 Å². The second kappa shape index (κ2) is 5.38. The minimum Gasteiger partial charge on any atom is -0.397 e. The van der Waals surface area contributed by atoms with Gasteiger partial charge in [-0.25, -0.2) is 4.98 Å². The molecule has 4 nitrogen and oxygen atoms in total. The van der Waals surface area contributed by atoms with E-state index in [2.05, 4.69) is 24.1 Å². The van der Waals surface area contributed by atoms with Gasteiger partial charge in [-0.05, 0) is 43.2 Å². The highest BCUT2D eigenvalue weighted by atomic mass is 16.1. The third kappa shape index (κ3) is 3.00. The van der Waals surface area contributed by atoms with Gasteiger partial charge < -0.3 is 11.1 Å². The molecule has 4 heteroatoms. The summed E-state index contributed by atoms with van der Waals surface area (Å²) >= 11 is 0. The van der Waals surface area contributed by atoms with E-state index in [1.165, 1.54) is 19.0 Å². The fourth-order valence-corrected chi connectivity index (χ4v) is 2.66. The Bertz CT molecular complexity index is 416. The van der Waals surface area contributed by atoms with E-state index in [0.717, 1.165) is 12.3 Å². The lowest BCUT2D eigenvalue weighted by Gasteiger charge is -2.33. The summed E-state index contributed by atoms with van der Waals surface area (Å²) < 4.78 is 0. The van der Waals surface area contributed by atoms with Crippen LogP contribution in [0.1, 0.15) is 43.6 Å². The third-order valence-electron chi connectivity index (χ3n) is 3.77. The Balaban J connectivity index is 1.97. The smallest absolute Gasteiger partial charge is 0.270 e. The SMILES string of the molecule is CC1CCC(NC(=O)c2ccc(N)cn2)C(C)C1. The Labute approximate surface area is 108 Å². The van der Waals surface area contributed by atoms with Crippen LogP contribution in [0, 0.1) is 11.8 Å². The molecular formula is C14H21N3O. The molecule has 0 radical (unpaired) electrons. The molecule has 1 amide bonds. The molecule has 1 heterocycles. The maximum atomic E-state index is 12.0. The van der Waals surface area contributed by atoms with Gasteiger partial charge in [0, 0.05) is 6.04 Å². The second-order valence-electron chi connectivity index (χ2n) is 5.45. The fraction of sp³-hybridized carbons (Fsp3) is 0.571. The highest BCUT2D eigenvalue weighted by molar-refractivity contribution is 5.92. The van der Waals surface area contributed by atoms with Gasteiger partial charge in [0.05, 0.1) is 11.9 Å². The molecule has 2 rings (SSSR count). The Morgan fingerprint density at radius 2 is 2.17 bits per heavy atom. The number of amides is 1. The average Bonchev–Trinajstić information content (AvgIpc) is 2.33. The molecule has 1 fully saturated rings. The summed E-state index contributed by atoms with van der Waals surface area (Å²) in [6.07, 6.45) is 4.94. The lowest BCUT2D eigenvalue weighted by atomic mass is 9.80. The Hall–Kier alpha value is -1.58. The van der Waals surface area contributed by atoms with Gasteiger partial charge in [0.1, 0.15) is 5.69 Å². The maximum Gasteiger partial charge on any atom is 0.270 e. The van der Waals surface area contributed by atoms with E-state index < -0.39 is 0 Å². The predicted octanol–water partition coefficient (Wildman–Crippen LogP) is 2.22. The van der Waals surface area contributed by atoms with Crippen LogP contribution >= 0.6 is 0 Å². The number of nitrogens with zero attached hydrogens (tertiary/aromatic N) is 1. The van der Waals surface area contributed by atoms with Crippen molar-refractivity contribution in [1.82, 2.24) is 10.3 Å². The largest absolute Gasteiger partial charge is 0.397 e. The molecule has 0 spiro atoms. The number of carbonyl (C=O) groups excluding carboxylic acids is 1. The fourth-order valence-electron chi connectivity index (χ4n) is 2.66. The monoisotopic (exact) mass is 247 g/mol. The summed E-state index contributed by atoms with van der Waals surface area (Å²) in [7, 11) is 0. The van der Waals surface area contributed by atoms with Gasteiger partial charge in [-0.15, -0.1) is 0 Å².